The molecule has 0 saturated carbocycles. The molecule has 0 fully saturated rings. The van der Waals surface area contributed by atoms with E-state index in [4.69, 9.17) is 0 Å². The first kappa shape index (κ1) is 29.2. The molecule has 0 aliphatic heterocycles. The molecule has 0 aliphatic rings. The van der Waals surface area contributed by atoms with Gasteiger partial charge in [0.2, 0.25) is 5.91 Å². The van der Waals surface area contributed by atoms with Gasteiger partial charge in [-0.2, -0.15) is 0 Å². The lowest BCUT2D eigenvalue weighted by Crippen LogP contribution is -2.31. The molecule has 0 aromatic rings. The molecule has 30 heavy (non-hydrogen) atoms. The molecule has 0 aromatic carbocycles. The van der Waals surface area contributed by atoms with Gasteiger partial charge in [-0.3, -0.25) is 4.79 Å². The molecule has 1 amide bonds. The molecule has 0 spiro atoms. The van der Waals surface area contributed by atoms with Crippen molar-refractivity contribution in [3.8, 4) is 0 Å². The molecule has 0 aromatic heterocycles. The summed E-state index contributed by atoms with van der Waals surface area (Å²) < 4.78 is 0. The topological polar surface area (TPSA) is 32.3 Å². The number of nitrogens with zero attached hydrogens (tertiary/aromatic N) is 1. The van der Waals surface area contributed by atoms with Crippen LogP contribution in [0, 0.1) is 0 Å². The van der Waals surface area contributed by atoms with Gasteiger partial charge < -0.3 is 10.2 Å². The summed E-state index contributed by atoms with van der Waals surface area (Å²) in [5.74, 6) is -0.00676. The molecule has 3 heteroatoms. The van der Waals surface area contributed by atoms with Crippen molar-refractivity contribution in [2.75, 3.05) is 26.2 Å². The normalized spacial score (nSPS) is 11.2. The summed E-state index contributed by atoms with van der Waals surface area (Å²) in [6, 6.07) is 0. The maximum absolute atomic E-state index is 11.6. The number of hydrogen-bond acceptors (Lipinski definition) is 2. The number of carbonyl (C=O) groups is 1. The summed E-state index contributed by atoms with van der Waals surface area (Å²) in [6.07, 6.45) is 23.1. The van der Waals surface area contributed by atoms with Crippen molar-refractivity contribution >= 4 is 5.91 Å². The third-order valence-electron chi connectivity index (χ3n) is 5.98. The number of hydrogen-bond donors (Lipinski definition) is 1. The van der Waals surface area contributed by atoms with Gasteiger partial charge in [0, 0.05) is 12.1 Å². The Balaban J connectivity index is 3.94. The average Bonchev–Trinajstić information content (AvgIpc) is 2.73. The Morgan fingerprint density at radius 1 is 0.633 bits per heavy atom. The van der Waals surface area contributed by atoms with Crippen molar-refractivity contribution in [1.82, 2.24) is 10.2 Å². The summed E-state index contributed by atoms with van der Waals surface area (Å²) in [6.45, 7) is 14.4. The molecule has 0 bridgehead atoms. The van der Waals surface area contributed by atoms with Crippen LogP contribution in [0.3, 0.4) is 0 Å². The highest BCUT2D eigenvalue weighted by Gasteiger charge is 2.06. The van der Waals surface area contributed by atoms with Gasteiger partial charge in [-0.15, -0.1) is 0 Å². The van der Waals surface area contributed by atoms with E-state index in [2.05, 4.69) is 30.6 Å². The quantitative estimate of drug-likeness (QED) is 0.135. The number of unbranched alkanes of at least 4 members (excludes halogenated alkanes) is 14. The summed E-state index contributed by atoms with van der Waals surface area (Å²) in [7, 11) is 0. The number of rotatable bonds is 23. The van der Waals surface area contributed by atoms with E-state index in [1.165, 1.54) is 116 Å². The first-order valence-electron chi connectivity index (χ1n) is 13.3. The minimum absolute atomic E-state index is 0.00676. The smallest absolute Gasteiger partial charge is 0.246 e. The van der Waals surface area contributed by atoms with Crippen LogP contribution in [0.5, 0.6) is 0 Å². The summed E-state index contributed by atoms with van der Waals surface area (Å²) >= 11 is 0. The van der Waals surface area contributed by atoms with Crippen molar-refractivity contribution < 1.29 is 4.79 Å². The molecule has 3 nitrogen and oxygen atoms in total. The number of carbonyl (C=O) groups excluding carboxylic acids is 1. The Kier molecular flexibility index (Phi) is 22.2. The standard InChI is InChI=1S/C27H54N2O/c1-5-7-9-11-13-15-17-19-23-29(25-21-22-28-27(30)26(3)4)24-20-18-16-14-12-10-8-6-2/h3,5-25H2,1-2,4H3,(H,28,30). The van der Waals surface area contributed by atoms with Crippen molar-refractivity contribution in [2.24, 2.45) is 0 Å². The Hall–Kier alpha value is -0.830. The van der Waals surface area contributed by atoms with E-state index in [-0.39, 0.29) is 5.91 Å². The lowest BCUT2D eigenvalue weighted by molar-refractivity contribution is -0.117. The molecule has 0 atom stereocenters. The van der Waals surface area contributed by atoms with Gasteiger partial charge in [0.05, 0.1) is 0 Å². The van der Waals surface area contributed by atoms with Gasteiger partial charge >= 0.3 is 0 Å². The molecule has 0 rings (SSSR count). The predicted octanol–water partition coefficient (Wildman–Crippen LogP) is 7.65. The second kappa shape index (κ2) is 22.8. The highest BCUT2D eigenvalue weighted by atomic mass is 16.1. The van der Waals surface area contributed by atoms with E-state index in [1.807, 2.05) is 0 Å². The van der Waals surface area contributed by atoms with Crippen molar-refractivity contribution in [2.45, 2.75) is 130 Å². The van der Waals surface area contributed by atoms with E-state index in [0.717, 1.165) is 19.5 Å². The van der Waals surface area contributed by atoms with Crippen LogP contribution in [-0.4, -0.2) is 37.0 Å². The molecule has 0 radical (unpaired) electrons. The molecular weight excluding hydrogens is 368 g/mol. The minimum Gasteiger partial charge on any atom is -0.352 e. The van der Waals surface area contributed by atoms with E-state index in [0.29, 0.717) is 5.57 Å². The average molecular weight is 423 g/mol. The first-order valence-corrected chi connectivity index (χ1v) is 13.3. The van der Waals surface area contributed by atoms with Gasteiger partial charge in [0.1, 0.15) is 0 Å². The zero-order valence-corrected chi connectivity index (χ0v) is 20.9. The Morgan fingerprint density at radius 2 is 1.00 bits per heavy atom. The predicted molar refractivity (Wildman–Crippen MR) is 134 cm³/mol. The van der Waals surface area contributed by atoms with Crippen LogP contribution in [0.25, 0.3) is 0 Å². The molecule has 0 aliphatic carbocycles. The summed E-state index contributed by atoms with van der Waals surface area (Å²) in [4.78, 5) is 14.3. The van der Waals surface area contributed by atoms with Crippen LogP contribution in [0.2, 0.25) is 0 Å². The van der Waals surface area contributed by atoms with Gasteiger partial charge in [0.25, 0.3) is 0 Å². The first-order chi connectivity index (χ1) is 14.6. The van der Waals surface area contributed by atoms with Crippen molar-refractivity contribution in [3.05, 3.63) is 12.2 Å². The van der Waals surface area contributed by atoms with Gasteiger partial charge in [-0.05, 0) is 45.8 Å². The van der Waals surface area contributed by atoms with Crippen LogP contribution >= 0.6 is 0 Å². The van der Waals surface area contributed by atoms with E-state index in [9.17, 15) is 4.79 Å². The van der Waals surface area contributed by atoms with E-state index in [1.54, 1.807) is 6.92 Å². The third kappa shape index (κ3) is 20.4. The maximum Gasteiger partial charge on any atom is 0.246 e. The van der Waals surface area contributed by atoms with Gasteiger partial charge in [-0.25, -0.2) is 0 Å². The SMILES string of the molecule is C=C(C)C(=O)NCCCN(CCCCCCCCCC)CCCCCCCCCC. The lowest BCUT2D eigenvalue weighted by Gasteiger charge is -2.22. The van der Waals surface area contributed by atoms with E-state index >= 15 is 0 Å². The number of amides is 1. The zero-order chi connectivity index (χ0) is 22.3. The molecule has 178 valence electrons. The van der Waals surface area contributed by atoms with E-state index < -0.39 is 0 Å². The molecule has 0 saturated heterocycles. The Morgan fingerprint density at radius 3 is 1.40 bits per heavy atom. The van der Waals surface area contributed by atoms with Crippen molar-refractivity contribution in [1.29, 1.82) is 0 Å². The Bertz CT molecular complexity index is 374. The third-order valence-corrected chi connectivity index (χ3v) is 5.98. The van der Waals surface area contributed by atoms with Crippen LogP contribution < -0.4 is 5.32 Å². The van der Waals surface area contributed by atoms with Crippen LogP contribution in [0.1, 0.15) is 130 Å². The van der Waals surface area contributed by atoms with Gasteiger partial charge in [-0.1, -0.05) is 110 Å². The maximum atomic E-state index is 11.6. The largest absolute Gasteiger partial charge is 0.352 e. The van der Waals surface area contributed by atoms with Crippen molar-refractivity contribution in [3.63, 3.8) is 0 Å². The van der Waals surface area contributed by atoms with Crippen LogP contribution in [-0.2, 0) is 4.79 Å². The monoisotopic (exact) mass is 422 g/mol. The highest BCUT2D eigenvalue weighted by molar-refractivity contribution is 5.91. The zero-order valence-electron chi connectivity index (χ0n) is 20.9. The second-order valence-corrected chi connectivity index (χ2v) is 9.18. The highest BCUT2D eigenvalue weighted by Crippen LogP contribution is 2.11. The van der Waals surface area contributed by atoms with Crippen LogP contribution in [0.4, 0.5) is 0 Å². The molecule has 0 unspecified atom stereocenters. The molecular formula is C27H54N2O. The fourth-order valence-corrected chi connectivity index (χ4v) is 3.93. The lowest BCUT2D eigenvalue weighted by atomic mass is 10.1. The van der Waals surface area contributed by atoms with Crippen LogP contribution in [0.15, 0.2) is 12.2 Å². The second-order valence-electron chi connectivity index (χ2n) is 9.18. The van der Waals surface area contributed by atoms with Gasteiger partial charge in [0.15, 0.2) is 0 Å². The molecule has 0 heterocycles. The number of nitrogens with one attached hydrogen (secondary N) is 1. The Labute approximate surface area is 189 Å². The minimum atomic E-state index is -0.00676. The molecule has 1 N–H and O–H groups in total. The fourth-order valence-electron chi connectivity index (χ4n) is 3.93. The fraction of sp³-hybridized carbons (Fsp3) is 0.889. The summed E-state index contributed by atoms with van der Waals surface area (Å²) in [5.41, 5.74) is 0.602. The summed E-state index contributed by atoms with van der Waals surface area (Å²) in [5, 5.41) is 2.97.